The minimum Gasteiger partial charge on any atom is -0.392 e. The molecule has 0 unspecified atom stereocenters. The van der Waals surface area contributed by atoms with E-state index in [2.05, 4.69) is 5.32 Å². The third-order valence-corrected chi connectivity index (χ3v) is 4.34. The van der Waals surface area contributed by atoms with E-state index in [1.165, 1.54) is 17.0 Å². The largest absolute Gasteiger partial charge is 0.392 e. The molecule has 0 saturated carbocycles. The first-order chi connectivity index (χ1) is 12.5. The van der Waals surface area contributed by atoms with E-state index in [0.29, 0.717) is 28.9 Å². The number of hydrogen-bond donors (Lipinski definition) is 2. The topological polar surface area (TPSA) is 86.7 Å². The van der Waals surface area contributed by atoms with Crippen molar-refractivity contribution in [1.82, 2.24) is 4.90 Å². The van der Waals surface area contributed by atoms with E-state index in [4.69, 9.17) is 0 Å². The molecule has 2 N–H and O–H groups in total. The van der Waals surface area contributed by atoms with Gasteiger partial charge in [-0.15, -0.1) is 0 Å². The Balaban J connectivity index is 1.81. The van der Waals surface area contributed by atoms with Crippen LogP contribution in [0.1, 0.15) is 56.4 Å². The summed E-state index contributed by atoms with van der Waals surface area (Å²) in [5.41, 5.74) is 2.14. The van der Waals surface area contributed by atoms with Crippen LogP contribution in [0.4, 0.5) is 5.69 Å². The Morgan fingerprint density at radius 1 is 1.08 bits per heavy atom. The Bertz CT molecular complexity index is 876. The van der Waals surface area contributed by atoms with Gasteiger partial charge in [-0.05, 0) is 42.3 Å². The molecule has 0 atom stereocenters. The molecule has 0 bridgehead atoms. The van der Waals surface area contributed by atoms with Crippen LogP contribution in [0.3, 0.4) is 0 Å². The number of imide groups is 1. The smallest absolute Gasteiger partial charge is 0.261 e. The number of carbonyl (C=O) groups excluding carboxylic acids is 3. The van der Waals surface area contributed by atoms with Crippen molar-refractivity contribution >= 4 is 23.4 Å². The zero-order chi connectivity index (χ0) is 18.7. The lowest BCUT2D eigenvalue weighted by atomic mass is 10.1. The Labute approximate surface area is 151 Å². The normalized spacial score (nSPS) is 13.1. The lowest BCUT2D eigenvalue weighted by Gasteiger charge is -2.12. The van der Waals surface area contributed by atoms with Crippen LogP contribution in [-0.4, -0.2) is 34.3 Å². The fourth-order valence-corrected chi connectivity index (χ4v) is 2.90. The first kappa shape index (κ1) is 17.8. The fourth-order valence-electron chi connectivity index (χ4n) is 2.90. The Morgan fingerprint density at radius 3 is 2.58 bits per heavy atom. The van der Waals surface area contributed by atoms with Crippen molar-refractivity contribution < 1.29 is 19.5 Å². The van der Waals surface area contributed by atoms with Crippen LogP contribution in [0.25, 0.3) is 0 Å². The number of aliphatic hydroxyl groups is 1. The second-order valence-electron chi connectivity index (χ2n) is 6.19. The second-order valence-corrected chi connectivity index (χ2v) is 6.19. The van der Waals surface area contributed by atoms with Gasteiger partial charge in [-0.2, -0.15) is 0 Å². The van der Waals surface area contributed by atoms with Gasteiger partial charge in [0.15, 0.2) is 0 Å². The van der Waals surface area contributed by atoms with Crippen molar-refractivity contribution in [1.29, 1.82) is 0 Å². The second kappa shape index (κ2) is 7.49. The number of nitrogens with one attached hydrogen (secondary N) is 1. The minimum absolute atomic E-state index is 0.118. The average Bonchev–Trinajstić information content (AvgIpc) is 2.90. The molecular weight excluding hydrogens is 332 g/mol. The van der Waals surface area contributed by atoms with Gasteiger partial charge in [0.1, 0.15) is 0 Å². The Hall–Kier alpha value is -2.99. The summed E-state index contributed by atoms with van der Waals surface area (Å²) >= 11 is 0. The van der Waals surface area contributed by atoms with Crippen molar-refractivity contribution in [3.63, 3.8) is 0 Å². The van der Waals surface area contributed by atoms with Gasteiger partial charge in [0, 0.05) is 17.8 Å². The van der Waals surface area contributed by atoms with Crippen LogP contribution in [-0.2, 0) is 6.61 Å². The van der Waals surface area contributed by atoms with Crippen LogP contribution in [0.15, 0.2) is 42.5 Å². The van der Waals surface area contributed by atoms with Crippen molar-refractivity contribution in [3.8, 4) is 0 Å². The van der Waals surface area contributed by atoms with Gasteiger partial charge in [0.05, 0.1) is 17.7 Å². The zero-order valence-electron chi connectivity index (χ0n) is 14.5. The van der Waals surface area contributed by atoms with Gasteiger partial charge in [0.25, 0.3) is 17.7 Å². The summed E-state index contributed by atoms with van der Waals surface area (Å²) in [6, 6.07) is 11.4. The summed E-state index contributed by atoms with van der Waals surface area (Å²) in [7, 11) is 0. The standard InChI is InChI=1S/C20H20N2O4/c1-2-3-9-22-19(25)16-8-7-14(11-17(16)20(22)26)18(24)21-15-6-4-5-13(10-15)12-23/h4-8,10-11,23H,2-3,9,12H2,1H3,(H,21,24). The van der Waals surface area contributed by atoms with E-state index in [1.807, 2.05) is 6.92 Å². The number of benzene rings is 2. The molecule has 1 heterocycles. The molecule has 1 aliphatic rings. The van der Waals surface area contributed by atoms with Gasteiger partial charge in [-0.3, -0.25) is 19.3 Å². The highest BCUT2D eigenvalue weighted by molar-refractivity contribution is 6.22. The van der Waals surface area contributed by atoms with Crippen LogP contribution in [0, 0.1) is 0 Å². The molecule has 0 fully saturated rings. The van der Waals surface area contributed by atoms with Crippen LogP contribution < -0.4 is 5.32 Å². The van der Waals surface area contributed by atoms with Gasteiger partial charge >= 0.3 is 0 Å². The van der Waals surface area contributed by atoms with E-state index in [9.17, 15) is 19.5 Å². The van der Waals surface area contributed by atoms with Gasteiger partial charge in [-0.25, -0.2) is 0 Å². The number of anilines is 1. The maximum absolute atomic E-state index is 12.5. The molecule has 2 aromatic rings. The van der Waals surface area contributed by atoms with Crippen molar-refractivity contribution in [3.05, 3.63) is 64.7 Å². The highest BCUT2D eigenvalue weighted by Crippen LogP contribution is 2.25. The number of hydrogen-bond acceptors (Lipinski definition) is 4. The number of nitrogens with zero attached hydrogens (tertiary/aromatic N) is 1. The average molecular weight is 352 g/mol. The van der Waals surface area contributed by atoms with Crippen LogP contribution in [0.5, 0.6) is 0 Å². The number of unbranched alkanes of at least 4 members (excludes halogenated alkanes) is 1. The summed E-state index contributed by atoms with van der Waals surface area (Å²) < 4.78 is 0. The first-order valence-corrected chi connectivity index (χ1v) is 8.56. The highest BCUT2D eigenvalue weighted by Gasteiger charge is 2.35. The van der Waals surface area contributed by atoms with E-state index in [-0.39, 0.29) is 29.9 Å². The predicted octanol–water partition coefficient (Wildman–Crippen LogP) is 2.83. The van der Waals surface area contributed by atoms with Crippen molar-refractivity contribution in [2.24, 2.45) is 0 Å². The molecule has 6 heteroatoms. The van der Waals surface area contributed by atoms with Gasteiger partial charge < -0.3 is 10.4 Å². The van der Waals surface area contributed by atoms with E-state index >= 15 is 0 Å². The molecule has 3 amide bonds. The Morgan fingerprint density at radius 2 is 1.85 bits per heavy atom. The predicted molar refractivity (Wildman–Crippen MR) is 97.0 cm³/mol. The minimum atomic E-state index is -0.379. The molecular formula is C20H20N2O4. The summed E-state index contributed by atoms with van der Waals surface area (Å²) in [5, 5.41) is 11.9. The summed E-state index contributed by atoms with van der Waals surface area (Å²) in [6.07, 6.45) is 1.63. The molecule has 134 valence electrons. The van der Waals surface area contributed by atoms with E-state index in [1.54, 1.807) is 30.3 Å². The third-order valence-electron chi connectivity index (χ3n) is 4.34. The molecule has 26 heavy (non-hydrogen) atoms. The van der Waals surface area contributed by atoms with Crippen molar-refractivity contribution in [2.75, 3.05) is 11.9 Å². The summed E-state index contributed by atoms with van der Waals surface area (Å²) in [5.74, 6) is -1.04. The molecule has 0 spiro atoms. The molecule has 0 radical (unpaired) electrons. The van der Waals surface area contributed by atoms with Crippen LogP contribution >= 0.6 is 0 Å². The van der Waals surface area contributed by atoms with Crippen LogP contribution in [0.2, 0.25) is 0 Å². The Kier molecular flexibility index (Phi) is 5.14. The quantitative estimate of drug-likeness (QED) is 0.783. The molecule has 6 nitrogen and oxygen atoms in total. The lowest BCUT2D eigenvalue weighted by molar-refractivity contribution is 0.0652. The molecule has 3 rings (SSSR count). The summed E-state index contributed by atoms with van der Waals surface area (Å²) in [6.45, 7) is 2.26. The molecule has 0 saturated heterocycles. The van der Waals surface area contributed by atoms with Gasteiger partial charge in [-0.1, -0.05) is 25.5 Å². The maximum Gasteiger partial charge on any atom is 0.261 e. The number of rotatable bonds is 6. The molecule has 0 aliphatic carbocycles. The number of amides is 3. The highest BCUT2D eigenvalue weighted by atomic mass is 16.3. The number of carbonyl (C=O) groups is 3. The van der Waals surface area contributed by atoms with Crippen molar-refractivity contribution in [2.45, 2.75) is 26.4 Å². The number of aliphatic hydroxyl groups excluding tert-OH is 1. The molecule has 0 aromatic heterocycles. The SMILES string of the molecule is CCCCN1C(=O)c2ccc(C(=O)Nc3cccc(CO)c3)cc2C1=O. The fraction of sp³-hybridized carbons (Fsp3) is 0.250. The molecule has 2 aromatic carbocycles. The van der Waals surface area contributed by atoms with E-state index in [0.717, 1.165) is 12.8 Å². The number of fused-ring (bicyclic) bond motifs is 1. The summed E-state index contributed by atoms with van der Waals surface area (Å²) in [4.78, 5) is 38.5. The first-order valence-electron chi connectivity index (χ1n) is 8.56. The lowest BCUT2D eigenvalue weighted by Crippen LogP contribution is -2.30. The molecule has 1 aliphatic heterocycles. The maximum atomic E-state index is 12.5. The van der Waals surface area contributed by atoms with E-state index < -0.39 is 0 Å². The third kappa shape index (κ3) is 3.36. The zero-order valence-corrected chi connectivity index (χ0v) is 14.5. The van der Waals surface area contributed by atoms with Gasteiger partial charge in [0.2, 0.25) is 0 Å². The monoisotopic (exact) mass is 352 g/mol.